The Morgan fingerprint density at radius 2 is 1.95 bits per heavy atom. The molecule has 0 bridgehead atoms. The molecule has 0 amide bonds. The number of aromatic nitrogens is 4. The van der Waals surface area contributed by atoms with Crippen molar-refractivity contribution in [1.29, 1.82) is 0 Å². The van der Waals surface area contributed by atoms with Crippen LogP contribution in [0.25, 0.3) is 5.69 Å². The third kappa shape index (κ3) is 3.38. The van der Waals surface area contributed by atoms with Crippen molar-refractivity contribution in [3.63, 3.8) is 0 Å². The van der Waals surface area contributed by atoms with Crippen molar-refractivity contribution in [1.82, 2.24) is 20.2 Å². The highest BCUT2D eigenvalue weighted by atomic mass is 127. The molecule has 1 atom stereocenters. The quantitative estimate of drug-likeness (QED) is 0.693. The lowest BCUT2D eigenvalue weighted by Crippen LogP contribution is -2.07. The topological polar surface area (TPSA) is 55.6 Å². The Labute approximate surface area is 136 Å². The third-order valence-corrected chi connectivity index (χ3v) is 3.93. The maximum Gasteiger partial charge on any atom is 0.143 e. The highest BCUT2D eigenvalue weighted by Crippen LogP contribution is 2.21. The molecule has 1 aromatic heterocycles. The number of benzene rings is 2. The average Bonchev–Trinajstić information content (AvgIpc) is 3.04. The van der Waals surface area contributed by atoms with Gasteiger partial charge in [-0.2, -0.15) is 0 Å². The van der Waals surface area contributed by atoms with E-state index in [0.717, 1.165) is 11.4 Å². The number of halogens is 1. The van der Waals surface area contributed by atoms with Gasteiger partial charge in [-0.15, -0.1) is 5.10 Å². The molecule has 0 aliphatic carbocycles. The van der Waals surface area contributed by atoms with Crippen LogP contribution >= 0.6 is 22.6 Å². The SMILES string of the molecule is CC(Nc1ccc(I)cc1)c1cccc(-n2cnnn2)c1. The van der Waals surface area contributed by atoms with Crippen molar-refractivity contribution in [2.24, 2.45) is 0 Å². The van der Waals surface area contributed by atoms with Crippen LogP contribution in [0, 0.1) is 3.57 Å². The highest BCUT2D eigenvalue weighted by molar-refractivity contribution is 14.1. The van der Waals surface area contributed by atoms with Crippen LogP contribution in [0.15, 0.2) is 54.9 Å². The number of hydrogen-bond donors (Lipinski definition) is 1. The molecule has 21 heavy (non-hydrogen) atoms. The molecule has 0 saturated heterocycles. The van der Waals surface area contributed by atoms with Crippen molar-refractivity contribution < 1.29 is 0 Å². The summed E-state index contributed by atoms with van der Waals surface area (Å²) in [7, 11) is 0. The number of tetrazole rings is 1. The molecule has 106 valence electrons. The molecule has 2 aromatic carbocycles. The van der Waals surface area contributed by atoms with Gasteiger partial charge >= 0.3 is 0 Å². The summed E-state index contributed by atoms with van der Waals surface area (Å²) in [6, 6.07) is 16.7. The first-order valence-electron chi connectivity index (χ1n) is 6.58. The van der Waals surface area contributed by atoms with Gasteiger partial charge in [0.1, 0.15) is 6.33 Å². The standard InChI is InChI=1S/C15H14IN5/c1-11(18-14-7-5-13(16)6-8-14)12-3-2-4-15(9-12)21-10-17-19-20-21/h2-11,18H,1H3. The van der Waals surface area contributed by atoms with Crippen LogP contribution in [0.3, 0.4) is 0 Å². The Bertz CT molecular complexity index is 709. The molecule has 0 fully saturated rings. The number of nitrogens with one attached hydrogen (secondary N) is 1. The largest absolute Gasteiger partial charge is 0.379 e. The van der Waals surface area contributed by atoms with Gasteiger partial charge in [-0.25, -0.2) is 4.68 Å². The molecule has 1 unspecified atom stereocenters. The van der Waals surface area contributed by atoms with E-state index >= 15 is 0 Å². The smallest absolute Gasteiger partial charge is 0.143 e. The molecule has 5 nitrogen and oxygen atoms in total. The van der Waals surface area contributed by atoms with Crippen LogP contribution in [0.4, 0.5) is 5.69 Å². The van der Waals surface area contributed by atoms with E-state index in [-0.39, 0.29) is 6.04 Å². The Hall–Kier alpha value is -1.96. The lowest BCUT2D eigenvalue weighted by Gasteiger charge is -2.16. The molecular weight excluding hydrogens is 377 g/mol. The van der Waals surface area contributed by atoms with E-state index in [9.17, 15) is 0 Å². The second-order valence-corrected chi connectivity index (χ2v) is 5.97. The van der Waals surface area contributed by atoms with Gasteiger partial charge in [0.25, 0.3) is 0 Å². The van der Waals surface area contributed by atoms with Crippen molar-refractivity contribution in [3.05, 3.63) is 64.0 Å². The zero-order valence-electron chi connectivity index (χ0n) is 11.4. The predicted octanol–water partition coefficient (Wildman–Crippen LogP) is 3.44. The minimum Gasteiger partial charge on any atom is -0.379 e. The summed E-state index contributed by atoms with van der Waals surface area (Å²) in [5, 5.41) is 14.7. The Morgan fingerprint density at radius 3 is 2.67 bits per heavy atom. The van der Waals surface area contributed by atoms with Gasteiger partial charge in [-0.3, -0.25) is 0 Å². The molecule has 3 aromatic rings. The molecule has 0 saturated carbocycles. The number of rotatable bonds is 4. The van der Waals surface area contributed by atoms with E-state index < -0.39 is 0 Å². The zero-order valence-corrected chi connectivity index (χ0v) is 13.6. The van der Waals surface area contributed by atoms with E-state index in [1.165, 1.54) is 9.13 Å². The van der Waals surface area contributed by atoms with Crippen LogP contribution < -0.4 is 5.32 Å². The van der Waals surface area contributed by atoms with E-state index in [0.29, 0.717) is 0 Å². The summed E-state index contributed by atoms with van der Waals surface area (Å²) in [6.45, 7) is 2.14. The summed E-state index contributed by atoms with van der Waals surface area (Å²) in [5.41, 5.74) is 3.24. The number of nitrogens with zero attached hydrogens (tertiary/aromatic N) is 4. The summed E-state index contributed by atoms with van der Waals surface area (Å²) < 4.78 is 2.88. The van der Waals surface area contributed by atoms with Gasteiger partial charge in [0.15, 0.2) is 0 Å². The Morgan fingerprint density at radius 1 is 1.14 bits per heavy atom. The highest BCUT2D eigenvalue weighted by Gasteiger charge is 2.07. The minimum absolute atomic E-state index is 0.196. The molecule has 0 aliphatic heterocycles. The van der Waals surface area contributed by atoms with Gasteiger partial charge in [-0.05, 0) is 81.9 Å². The summed E-state index contributed by atoms with van der Waals surface area (Å²) in [6.07, 6.45) is 1.59. The minimum atomic E-state index is 0.196. The summed E-state index contributed by atoms with van der Waals surface area (Å²) >= 11 is 2.30. The molecule has 6 heteroatoms. The fourth-order valence-corrected chi connectivity index (χ4v) is 2.46. The van der Waals surface area contributed by atoms with E-state index in [1.807, 2.05) is 12.1 Å². The molecular formula is C15H14IN5. The first-order valence-corrected chi connectivity index (χ1v) is 7.66. The Balaban J connectivity index is 1.80. The summed E-state index contributed by atoms with van der Waals surface area (Å²) in [4.78, 5) is 0. The second-order valence-electron chi connectivity index (χ2n) is 4.72. The lowest BCUT2D eigenvalue weighted by molar-refractivity contribution is 0.785. The van der Waals surface area contributed by atoms with Gasteiger partial charge in [-0.1, -0.05) is 12.1 Å². The third-order valence-electron chi connectivity index (χ3n) is 3.21. The monoisotopic (exact) mass is 391 g/mol. The fraction of sp³-hybridized carbons (Fsp3) is 0.133. The maximum absolute atomic E-state index is 3.91. The van der Waals surface area contributed by atoms with E-state index in [4.69, 9.17) is 0 Å². The normalized spacial score (nSPS) is 12.1. The molecule has 1 heterocycles. The van der Waals surface area contributed by atoms with Gasteiger partial charge < -0.3 is 5.32 Å². The first kappa shape index (κ1) is 14.0. The molecule has 3 rings (SSSR count). The first-order chi connectivity index (χ1) is 10.2. The van der Waals surface area contributed by atoms with E-state index in [2.05, 4.69) is 86.8 Å². The molecule has 1 N–H and O–H groups in total. The van der Waals surface area contributed by atoms with Crippen LogP contribution in [0.2, 0.25) is 0 Å². The van der Waals surface area contributed by atoms with Crippen LogP contribution in [-0.4, -0.2) is 20.2 Å². The van der Waals surface area contributed by atoms with Crippen molar-refractivity contribution in [3.8, 4) is 5.69 Å². The van der Waals surface area contributed by atoms with Crippen LogP contribution in [0.1, 0.15) is 18.5 Å². The van der Waals surface area contributed by atoms with Crippen molar-refractivity contribution >= 4 is 28.3 Å². The van der Waals surface area contributed by atoms with Crippen molar-refractivity contribution in [2.75, 3.05) is 5.32 Å². The number of hydrogen-bond acceptors (Lipinski definition) is 4. The van der Waals surface area contributed by atoms with Crippen molar-refractivity contribution in [2.45, 2.75) is 13.0 Å². The van der Waals surface area contributed by atoms with Crippen LogP contribution in [-0.2, 0) is 0 Å². The Kier molecular flexibility index (Phi) is 4.14. The van der Waals surface area contributed by atoms with Gasteiger partial charge in [0, 0.05) is 15.3 Å². The van der Waals surface area contributed by atoms with E-state index in [1.54, 1.807) is 11.0 Å². The number of anilines is 1. The maximum atomic E-state index is 3.91. The fourth-order valence-electron chi connectivity index (χ4n) is 2.10. The second kappa shape index (κ2) is 6.21. The summed E-state index contributed by atoms with van der Waals surface area (Å²) in [5.74, 6) is 0. The van der Waals surface area contributed by atoms with Gasteiger partial charge in [0.2, 0.25) is 0 Å². The lowest BCUT2D eigenvalue weighted by atomic mass is 10.1. The molecule has 0 spiro atoms. The molecule has 0 aliphatic rings. The average molecular weight is 391 g/mol. The zero-order chi connectivity index (χ0) is 14.7. The molecule has 0 radical (unpaired) electrons. The van der Waals surface area contributed by atoms with Crippen LogP contribution in [0.5, 0.6) is 0 Å². The predicted molar refractivity (Wildman–Crippen MR) is 90.4 cm³/mol. The van der Waals surface area contributed by atoms with Gasteiger partial charge in [0.05, 0.1) is 5.69 Å².